The number of aryl methyl sites for hydroxylation is 1. The van der Waals surface area contributed by atoms with Crippen molar-refractivity contribution in [2.45, 2.75) is 13.3 Å². The first-order chi connectivity index (χ1) is 11.1. The number of hydrogen-bond donors (Lipinski definition) is 1. The van der Waals surface area contributed by atoms with Crippen LogP contribution in [0.3, 0.4) is 0 Å². The summed E-state index contributed by atoms with van der Waals surface area (Å²) < 4.78 is 0. The predicted octanol–water partition coefficient (Wildman–Crippen LogP) is 3.32. The average Bonchev–Trinajstić information content (AvgIpc) is 3.06. The van der Waals surface area contributed by atoms with Crippen LogP contribution >= 0.6 is 0 Å². The lowest BCUT2D eigenvalue weighted by molar-refractivity contribution is 0.0656. The molecular weight excluding hydrogens is 288 g/mol. The summed E-state index contributed by atoms with van der Waals surface area (Å²) in [6.45, 7) is 2.32. The number of imide groups is 1. The number of aromatic amines is 1. The zero-order valence-corrected chi connectivity index (χ0v) is 12.8. The van der Waals surface area contributed by atoms with E-state index in [2.05, 4.69) is 4.98 Å². The van der Waals surface area contributed by atoms with Crippen LogP contribution in [0.5, 0.6) is 0 Å². The first-order valence-corrected chi connectivity index (χ1v) is 7.67. The van der Waals surface area contributed by atoms with Gasteiger partial charge < -0.3 is 4.98 Å². The number of para-hydroxylation sites is 1. The van der Waals surface area contributed by atoms with Crippen LogP contribution in [0.1, 0.15) is 31.8 Å². The van der Waals surface area contributed by atoms with Gasteiger partial charge in [-0.3, -0.25) is 14.5 Å². The van der Waals surface area contributed by atoms with E-state index in [-0.39, 0.29) is 11.8 Å². The van der Waals surface area contributed by atoms with E-state index in [4.69, 9.17) is 0 Å². The molecule has 0 aliphatic carbocycles. The largest absolute Gasteiger partial charge is 0.361 e. The van der Waals surface area contributed by atoms with Crippen molar-refractivity contribution in [2.75, 3.05) is 6.54 Å². The molecular formula is C19H16N2O2. The van der Waals surface area contributed by atoms with Crippen molar-refractivity contribution in [3.63, 3.8) is 0 Å². The fourth-order valence-corrected chi connectivity index (χ4v) is 3.18. The third kappa shape index (κ3) is 2.14. The Morgan fingerprint density at radius 1 is 1.00 bits per heavy atom. The number of benzene rings is 2. The van der Waals surface area contributed by atoms with E-state index in [0.717, 1.165) is 22.0 Å². The molecule has 0 saturated carbocycles. The third-order valence-electron chi connectivity index (χ3n) is 4.41. The smallest absolute Gasteiger partial charge is 0.261 e. The van der Waals surface area contributed by atoms with Crippen LogP contribution in [0, 0.1) is 6.92 Å². The fraction of sp³-hybridized carbons (Fsp3) is 0.158. The van der Waals surface area contributed by atoms with Crippen LogP contribution < -0.4 is 0 Å². The van der Waals surface area contributed by atoms with E-state index in [0.29, 0.717) is 24.1 Å². The standard InChI is InChI=1S/C19H16N2O2/c1-12-6-7-15-16(10-12)19(23)21(18(15)22)9-8-13-11-20-17-5-3-2-4-14(13)17/h2-7,10-11,20H,8-9H2,1H3. The monoisotopic (exact) mass is 304 g/mol. The van der Waals surface area contributed by atoms with Gasteiger partial charge in [0.15, 0.2) is 0 Å². The SMILES string of the molecule is Cc1ccc2c(c1)C(=O)N(CCc1c[nH]c3ccccc13)C2=O. The maximum absolute atomic E-state index is 12.5. The summed E-state index contributed by atoms with van der Waals surface area (Å²) in [5, 5.41) is 1.14. The molecule has 1 aliphatic heterocycles. The number of carbonyl (C=O) groups is 2. The number of carbonyl (C=O) groups excluding carboxylic acids is 2. The summed E-state index contributed by atoms with van der Waals surface area (Å²) in [6, 6.07) is 13.4. The van der Waals surface area contributed by atoms with Crippen molar-refractivity contribution in [3.8, 4) is 0 Å². The normalized spacial score (nSPS) is 13.9. The molecule has 23 heavy (non-hydrogen) atoms. The molecule has 114 valence electrons. The Morgan fingerprint density at radius 2 is 1.78 bits per heavy atom. The van der Waals surface area contributed by atoms with Gasteiger partial charge in [-0.05, 0) is 37.1 Å². The highest BCUT2D eigenvalue weighted by Crippen LogP contribution is 2.25. The molecule has 3 aromatic rings. The molecule has 0 spiro atoms. The molecule has 4 heteroatoms. The lowest BCUT2D eigenvalue weighted by atomic mass is 10.1. The summed E-state index contributed by atoms with van der Waals surface area (Å²) in [4.78, 5) is 29.5. The average molecular weight is 304 g/mol. The van der Waals surface area contributed by atoms with E-state index in [9.17, 15) is 9.59 Å². The molecule has 2 aromatic carbocycles. The molecule has 1 aromatic heterocycles. The van der Waals surface area contributed by atoms with E-state index >= 15 is 0 Å². The van der Waals surface area contributed by atoms with Gasteiger partial charge in [-0.15, -0.1) is 0 Å². The second-order valence-electron chi connectivity index (χ2n) is 5.92. The van der Waals surface area contributed by atoms with Gasteiger partial charge in [0, 0.05) is 23.6 Å². The summed E-state index contributed by atoms with van der Waals surface area (Å²) >= 11 is 0. The quantitative estimate of drug-likeness (QED) is 0.755. The minimum absolute atomic E-state index is 0.187. The first-order valence-electron chi connectivity index (χ1n) is 7.67. The van der Waals surface area contributed by atoms with E-state index in [1.54, 1.807) is 12.1 Å². The fourth-order valence-electron chi connectivity index (χ4n) is 3.18. The maximum atomic E-state index is 12.5. The number of aromatic nitrogens is 1. The number of H-pyrrole nitrogens is 1. The van der Waals surface area contributed by atoms with Crippen LogP contribution in [0.25, 0.3) is 10.9 Å². The molecule has 0 fully saturated rings. The van der Waals surface area contributed by atoms with Crippen molar-refractivity contribution in [3.05, 3.63) is 70.9 Å². The Balaban J connectivity index is 1.58. The number of nitrogens with zero attached hydrogens (tertiary/aromatic N) is 1. The second kappa shape index (κ2) is 5.09. The van der Waals surface area contributed by atoms with Crippen LogP contribution in [-0.4, -0.2) is 28.2 Å². The highest BCUT2D eigenvalue weighted by Gasteiger charge is 2.35. The number of nitrogens with one attached hydrogen (secondary N) is 1. The summed E-state index contributed by atoms with van der Waals surface area (Å²) in [6.07, 6.45) is 2.60. The number of rotatable bonds is 3. The van der Waals surface area contributed by atoms with Gasteiger partial charge in [0.1, 0.15) is 0 Å². The first kappa shape index (κ1) is 13.8. The minimum Gasteiger partial charge on any atom is -0.361 e. The molecule has 2 amide bonds. The lowest BCUT2D eigenvalue weighted by Crippen LogP contribution is -2.31. The van der Waals surface area contributed by atoms with Crippen LogP contribution in [-0.2, 0) is 6.42 Å². The summed E-state index contributed by atoms with van der Waals surface area (Å²) in [5.74, 6) is -0.376. The Bertz CT molecular complexity index is 939. The maximum Gasteiger partial charge on any atom is 0.261 e. The number of amides is 2. The van der Waals surface area contributed by atoms with Gasteiger partial charge in [0.05, 0.1) is 11.1 Å². The molecule has 0 radical (unpaired) electrons. The van der Waals surface area contributed by atoms with Crippen LogP contribution in [0.4, 0.5) is 0 Å². The summed E-state index contributed by atoms with van der Waals surface area (Å²) in [5.41, 5.74) is 4.21. The predicted molar refractivity (Wildman–Crippen MR) is 88.5 cm³/mol. The van der Waals surface area contributed by atoms with E-state index < -0.39 is 0 Å². The van der Waals surface area contributed by atoms with Gasteiger partial charge in [0.25, 0.3) is 11.8 Å². The number of fused-ring (bicyclic) bond motifs is 2. The Morgan fingerprint density at radius 3 is 2.65 bits per heavy atom. The summed E-state index contributed by atoms with van der Waals surface area (Å²) in [7, 11) is 0. The molecule has 0 bridgehead atoms. The lowest BCUT2D eigenvalue weighted by Gasteiger charge is -2.13. The highest BCUT2D eigenvalue weighted by molar-refractivity contribution is 6.21. The Hall–Kier alpha value is -2.88. The van der Waals surface area contributed by atoms with Crippen molar-refractivity contribution >= 4 is 22.7 Å². The molecule has 4 nitrogen and oxygen atoms in total. The molecule has 4 rings (SSSR count). The molecule has 0 unspecified atom stereocenters. The van der Waals surface area contributed by atoms with E-state index in [1.807, 2.05) is 43.5 Å². The van der Waals surface area contributed by atoms with Crippen molar-refractivity contribution in [1.82, 2.24) is 9.88 Å². The second-order valence-corrected chi connectivity index (χ2v) is 5.92. The van der Waals surface area contributed by atoms with Crippen molar-refractivity contribution in [1.29, 1.82) is 0 Å². The Kier molecular flexibility index (Phi) is 3.05. The van der Waals surface area contributed by atoms with Gasteiger partial charge >= 0.3 is 0 Å². The molecule has 1 aliphatic rings. The third-order valence-corrected chi connectivity index (χ3v) is 4.41. The van der Waals surface area contributed by atoms with E-state index in [1.165, 1.54) is 4.90 Å². The molecule has 2 heterocycles. The number of hydrogen-bond acceptors (Lipinski definition) is 2. The highest BCUT2D eigenvalue weighted by atomic mass is 16.2. The van der Waals surface area contributed by atoms with Gasteiger partial charge in [-0.1, -0.05) is 29.8 Å². The van der Waals surface area contributed by atoms with Crippen molar-refractivity contribution in [2.24, 2.45) is 0 Å². The minimum atomic E-state index is -0.190. The molecule has 1 N–H and O–H groups in total. The zero-order chi connectivity index (χ0) is 16.0. The molecule has 0 saturated heterocycles. The topological polar surface area (TPSA) is 53.2 Å². The van der Waals surface area contributed by atoms with Gasteiger partial charge in [-0.25, -0.2) is 0 Å². The van der Waals surface area contributed by atoms with Crippen LogP contribution in [0.2, 0.25) is 0 Å². The van der Waals surface area contributed by atoms with Gasteiger partial charge in [-0.2, -0.15) is 0 Å². The van der Waals surface area contributed by atoms with Crippen molar-refractivity contribution < 1.29 is 9.59 Å². The molecule has 0 atom stereocenters. The van der Waals surface area contributed by atoms with Gasteiger partial charge in [0.2, 0.25) is 0 Å². The Labute approximate surface area is 133 Å². The van der Waals surface area contributed by atoms with Crippen LogP contribution in [0.15, 0.2) is 48.7 Å². The zero-order valence-electron chi connectivity index (χ0n) is 12.8.